The van der Waals surface area contributed by atoms with E-state index in [4.69, 9.17) is 4.18 Å². The summed E-state index contributed by atoms with van der Waals surface area (Å²) in [5, 5.41) is 0. The van der Waals surface area contributed by atoms with Crippen molar-refractivity contribution >= 4 is 21.9 Å². The average molecular weight is 303 g/mol. The van der Waals surface area contributed by atoms with E-state index >= 15 is 0 Å². The van der Waals surface area contributed by atoms with Gasteiger partial charge in [0.1, 0.15) is 0 Å². The minimum absolute atomic E-state index is 0.266. The summed E-state index contributed by atoms with van der Waals surface area (Å²) in [5.74, 6) is -0.625. The summed E-state index contributed by atoms with van der Waals surface area (Å²) in [6.07, 6.45) is 0. The molecule has 0 bridgehead atoms. The first kappa shape index (κ1) is 13.8. The van der Waals surface area contributed by atoms with Crippen LogP contribution in [0.15, 0.2) is 60.7 Å². The van der Waals surface area contributed by atoms with Crippen LogP contribution in [-0.2, 0) is 24.9 Å². The van der Waals surface area contributed by atoms with Crippen LogP contribution in [0.25, 0.3) is 0 Å². The molecule has 2 aromatic rings. The maximum absolute atomic E-state index is 12.7. The van der Waals surface area contributed by atoms with Gasteiger partial charge in [0, 0.05) is 0 Å². The van der Waals surface area contributed by atoms with Crippen LogP contribution < -0.4 is 4.31 Å². The molecule has 1 amide bonds. The van der Waals surface area contributed by atoms with E-state index in [-0.39, 0.29) is 5.69 Å². The maximum atomic E-state index is 12.7. The SMILES string of the molecule is CC1(c2ccccc2)OS(=O)(=O)N(c2ccccc2)C1=O. The van der Waals surface area contributed by atoms with E-state index in [1.807, 2.05) is 0 Å². The number of anilines is 1. The Bertz CT molecular complexity index is 774. The predicted octanol–water partition coefficient (Wildman–Crippen LogP) is 2.21. The molecule has 3 rings (SSSR count). The number of carbonyl (C=O) groups is 1. The van der Waals surface area contributed by atoms with Crippen molar-refractivity contribution in [1.82, 2.24) is 0 Å². The third kappa shape index (κ3) is 2.12. The van der Waals surface area contributed by atoms with E-state index in [0.29, 0.717) is 9.87 Å². The molecule has 0 N–H and O–H groups in total. The zero-order chi connectivity index (χ0) is 15.1. The number of nitrogens with zero attached hydrogens (tertiary/aromatic N) is 1. The lowest BCUT2D eigenvalue weighted by molar-refractivity contribution is -0.128. The van der Waals surface area contributed by atoms with Gasteiger partial charge in [0.05, 0.1) is 5.69 Å². The van der Waals surface area contributed by atoms with Gasteiger partial charge in [-0.3, -0.25) is 4.79 Å². The van der Waals surface area contributed by atoms with Crippen LogP contribution in [-0.4, -0.2) is 14.3 Å². The van der Waals surface area contributed by atoms with Crippen molar-refractivity contribution in [3.63, 3.8) is 0 Å². The summed E-state index contributed by atoms with van der Waals surface area (Å²) in [7, 11) is -4.16. The van der Waals surface area contributed by atoms with Crippen LogP contribution in [0.5, 0.6) is 0 Å². The van der Waals surface area contributed by atoms with Crippen molar-refractivity contribution in [2.45, 2.75) is 12.5 Å². The number of hydrogen-bond acceptors (Lipinski definition) is 4. The second-order valence-corrected chi connectivity index (χ2v) is 6.23. The van der Waals surface area contributed by atoms with Crippen molar-refractivity contribution in [2.75, 3.05) is 4.31 Å². The fourth-order valence-electron chi connectivity index (χ4n) is 2.32. The molecule has 1 unspecified atom stereocenters. The van der Waals surface area contributed by atoms with E-state index in [0.717, 1.165) is 0 Å². The summed E-state index contributed by atoms with van der Waals surface area (Å²) >= 11 is 0. The summed E-state index contributed by atoms with van der Waals surface area (Å²) in [4.78, 5) is 12.7. The van der Waals surface area contributed by atoms with Gasteiger partial charge in [0.25, 0.3) is 5.91 Å². The molecule has 1 fully saturated rings. The second-order valence-electron chi connectivity index (χ2n) is 4.85. The molecular weight excluding hydrogens is 290 g/mol. The van der Waals surface area contributed by atoms with Crippen LogP contribution in [0, 0.1) is 0 Å². The third-order valence-electron chi connectivity index (χ3n) is 3.40. The van der Waals surface area contributed by atoms with Crippen LogP contribution in [0.2, 0.25) is 0 Å². The highest BCUT2D eigenvalue weighted by Crippen LogP contribution is 2.39. The molecule has 0 saturated carbocycles. The molecule has 1 aliphatic heterocycles. The van der Waals surface area contributed by atoms with Crippen LogP contribution >= 0.6 is 0 Å². The van der Waals surface area contributed by atoms with Crippen LogP contribution in [0.3, 0.4) is 0 Å². The highest BCUT2D eigenvalue weighted by Gasteiger charge is 2.55. The predicted molar refractivity (Wildman–Crippen MR) is 77.7 cm³/mol. The number of carbonyl (C=O) groups excluding carboxylic acids is 1. The minimum Gasteiger partial charge on any atom is -0.269 e. The van der Waals surface area contributed by atoms with Crippen molar-refractivity contribution in [1.29, 1.82) is 0 Å². The van der Waals surface area contributed by atoms with Crippen LogP contribution in [0.4, 0.5) is 5.69 Å². The van der Waals surface area contributed by atoms with Gasteiger partial charge in [-0.1, -0.05) is 48.5 Å². The molecule has 1 atom stereocenters. The molecule has 108 valence electrons. The summed E-state index contributed by atoms with van der Waals surface area (Å²) in [5.41, 5.74) is -0.783. The highest BCUT2D eigenvalue weighted by molar-refractivity contribution is 7.89. The Morgan fingerprint density at radius 1 is 0.952 bits per heavy atom. The van der Waals surface area contributed by atoms with Gasteiger partial charge in [-0.2, -0.15) is 12.7 Å². The first-order chi connectivity index (χ1) is 9.95. The molecule has 2 aromatic carbocycles. The summed E-state index contributed by atoms with van der Waals surface area (Å²) in [6.45, 7) is 1.46. The Labute approximate surface area is 123 Å². The Morgan fingerprint density at radius 3 is 2.05 bits per heavy atom. The summed E-state index contributed by atoms with van der Waals surface area (Å²) < 4.78 is 30.3. The lowest BCUT2D eigenvalue weighted by atomic mass is 9.95. The fourth-order valence-corrected chi connectivity index (χ4v) is 3.74. The van der Waals surface area contributed by atoms with Gasteiger partial charge in [-0.15, -0.1) is 0 Å². The quantitative estimate of drug-likeness (QED) is 0.853. The standard InChI is InChI=1S/C15H13NO4S/c1-15(12-8-4-2-5-9-12)14(17)16(21(18,19)20-15)13-10-6-3-7-11-13/h2-11H,1H3. The molecule has 0 aromatic heterocycles. The van der Waals surface area contributed by atoms with E-state index in [9.17, 15) is 13.2 Å². The number of benzene rings is 2. The number of para-hydroxylation sites is 1. The van der Waals surface area contributed by atoms with E-state index < -0.39 is 21.8 Å². The lowest BCUT2D eigenvalue weighted by Crippen LogP contribution is -2.36. The smallest absolute Gasteiger partial charge is 0.269 e. The molecule has 5 nitrogen and oxygen atoms in total. The van der Waals surface area contributed by atoms with Gasteiger partial charge in [0.2, 0.25) is 0 Å². The Kier molecular flexibility index (Phi) is 3.07. The van der Waals surface area contributed by atoms with Gasteiger partial charge in [-0.05, 0) is 24.6 Å². The molecule has 0 radical (unpaired) electrons. The van der Waals surface area contributed by atoms with E-state index in [1.165, 1.54) is 6.92 Å². The minimum atomic E-state index is -4.16. The van der Waals surface area contributed by atoms with Crippen molar-refractivity contribution in [2.24, 2.45) is 0 Å². The monoisotopic (exact) mass is 303 g/mol. The van der Waals surface area contributed by atoms with Gasteiger partial charge in [0.15, 0.2) is 5.60 Å². The van der Waals surface area contributed by atoms with Gasteiger partial charge < -0.3 is 0 Å². The van der Waals surface area contributed by atoms with Crippen molar-refractivity contribution < 1.29 is 17.4 Å². The van der Waals surface area contributed by atoms with Gasteiger partial charge in [-0.25, -0.2) is 4.18 Å². The molecule has 0 aliphatic carbocycles. The Balaban J connectivity index is 2.12. The molecule has 0 spiro atoms. The fraction of sp³-hybridized carbons (Fsp3) is 0.133. The molecular formula is C15H13NO4S. The highest BCUT2D eigenvalue weighted by atomic mass is 32.2. The van der Waals surface area contributed by atoms with Crippen LogP contribution in [0.1, 0.15) is 12.5 Å². The van der Waals surface area contributed by atoms with Crippen molar-refractivity contribution in [3.8, 4) is 0 Å². The molecule has 1 heterocycles. The van der Waals surface area contributed by atoms with E-state index in [2.05, 4.69) is 0 Å². The largest absolute Gasteiger partial charge is 0.370 e. The van der Waals surface area contributed by atoms with Crippen molar-refractivity contribution in [3.05, 3.63) is 66.2 Å². The normalized spacial score (nSPS) is 24.2. The van der Waals surface area contributed by atoms with Gasteiger partial charge >= 0.3 is 10.3 Å². The second kappa shape index (κ2) is 4.68. The Hall–Kier alpha value is -2.18. The number of rotatable bonds is 2. The molecule has 6 heteroatoms. The first-order valence-corrected chi connectivity index (χ1v) is 7.72. The topological polar surface area (TPSA) is 63.7 Å². The van der Waals surface area contributed by atoms with E-state index in [1.54, 1.807) is 60.7 Å². The third-order valence-corrected chi connectivity index (χ3v) is 4.77. The average Bonchev–Trinajstić information content (AvgIpc) is 2.67. The maximum Gasteiger partial charge on any atom is 0.370 e. The number of hydrogen-bond donors (Lipinski definition) is 0. The lowest BCUT2D eigenvalue weighted by Gasteiger charge is -2.19. The first-order valence-electron chi connectivity index (χ1n) is 6.36. The number of amides is 1. The Morgan fingerprint density at radius 2 is 1.48 bits per heavy atom. The zero-order valence-electron chi connectivity index (χ0n) is 11.3. The zero-order valence-corrected chi connectivity index (χ0v) is 12.1. The summed E-state index contributed by atoms with van der Waals surface area (Å²) in [6, 6.07) is 16.8. The molecule has 1 aliphatic rings. The molecule has 1 saturated heterocycles. The molecule has 21 heavy (non-hydrogen) atoms.